The van der Waals surface area contributed by atoms with Gasteiger partial charge in [-0.2, -0.15) is 5.10 Å². The number of anilines is 2. The fourth-order valence-electron chi connectivity index (χ4n) is 5.30. The Morgan fingerprint density at radius 3 is 2.47 bits per heavy atom. The van der Waals surface area contributed by atoms with Gasteiger partial charge in [-0.3, -0.25) is 0 Å². The first-order chi connectivity index (χ1) is 14.4. The molecule has 1 aromatic carbocycles. The summed E-state index contributed by atoms with van der Waals surface area (Å²) in [6.07, 6.45) is 9.63. The molecule has 2 heterocycles. The predicted molar refractivity (Wildman–Crippen MR) is 112 cm³/mol. The molecule has 0 atom stereocenters. The van der Waals surface area contributed by atoms with Crippen LogP contribution in [-0.2, 0) is 42.3 Å². The van der Waals surface area contributed by atoms with E-state index < -0.39 is 16.1 Å². The molecule has 1 saturated carbocycles. The lowest BCUT2D eigenvalue weighted by Gasteiger charge is -2.25. The minimum Gasteiger partial charge on any atom is -0.369 e. The normalized spacial score (nSPS) is 20.3. The van der Waals surface area contributed by atoms with Gasteiger partial charge in [0.05, 0.1) is 12.7 Å². The van der Waals surface area contributed by atoms with Crippen molar-refractivity contribution in [2.45, 2.75) is 62.8 Å². The molecule has 0 radical (unpaired) electrons. The summed E-state index contributed by atoms with van der Waals surface area (Å²) in [4.78, 5) is 12.8. The van der Waals surface area contributed by atoms with Crippen LogP contribution in [0.4, 0.5) is 16.3 Å². The highest BCUT2D eigenvalue weighted by Gasteiger charge is 2.46. The molecule has 3 aliphatic carbocycles. The topological polar surface area (TPSA) is 105 Å². The van der Waals surface area contributed by atoms with Crippen LogP contribution in [0.3, 0.4) is 0 Å². The Hall–Kier alpha value is -2.55. The molecule has 2 aromatic rings. The third-order valence-electron chi connectivity index (χ3n) is 7.11. The molecule has 0 saturated heterocycles. The first-order valence-corrected chi connectivity index (χ1v) is 12.2. The molecular formula is C21H25N5O3S. The maximum atomic E-state index is 12.9. The zero-order chi connectivity index (χ0) is 20.5. The van der Waals surface area contributed by atoms with Crippen molar-refractivity contribution in [3.05, 3.63) is 34.5 Å². The van der Waals surface area contributed by atoms with Crippen LogP contribution in [0.5, 0.6) is 0 Å². The van der Waals surface area contributed by atoms with Crippen LogP contribution in [0, 0.1) is 5.41 Å². The lowest BCUT2D eigenvalue weighted by Crippen LogP contribution is -2.36. The second-order valence-electron chi connectivity index (χ2n) is 9.16. The summed E-state index contributed by atoms with van der Waals surface area (Å²) in [5, 5.41) is 10.3. The van der Waals surface area contributed by atoms with Crippen LogP contribution in [-0.4, -0.2) is 30.8 Å². The Balaban J connectivity index is 1.25. The quantitative estimate of drug-likeness (QED) is 0.698. The van der Waals surface area contributed by atoms with E-state index in [0.717, 1.165) is 70.1 Å². The van der Waals surface area contributed by atoms with Crippen molar-refractivity contribution in [3.63, 3.8) is 0 Å². The molecule has 2 amide bonds. The fraction of sp³-hybridized carbons (Fsp3) is 0.524. The average Bonchev–Trinajstić information content (AvgIpc) is 3.13. The van der Waals surface area contributed by atoms with Gasteiger partial charge >= 0.3 is 6.03 Å². The SMILES string of the molecule is O=C(Nc1c2c(cc3c1CCC3)CCC2)NS(=O)(=O)c1cnn2c1NCC1(CC1)C2. The van der Waals surface area contributed by atoms with Crippen molar-refractivity contribution in [1.29, 1.82) is 0 Å². The Bertz CT molecular complexity index is 1150. The average molecular weight is 428 g/mol. The third-order valence-corrected chi connectivity index (χ3v) is 8.44. The zero-order valence-corrected chi connectivity index (χ0v) is 17.6. The molecule has 3 N–H and O–H groups in total. The third kappa shape index (κ3) is 2.82. The van der Waals surface area contributed by atoms with Crippen LogP contribution in [0.1, 0.15) is 47.9 Å². The van der Waals surface area contributed by atoms with Crippen molar-refractivity contribution in [3.8, 4) is 0 Å². The second kappa shape index (κ2) is 6.23. The van der Waals surface area contributed by atoms with E-state index >= 15 is 0 Å². The number of fused-ring (bicyclic) bond motifs is 3. The van der Waals surface area contributed by atoms with Crippen LogP contribution >= 0.6 is 0 Å². The second-order valence-corrected chi connectivity index (χ2v) is 10.8. The van der Waals surface area contributed by atoms with Gasteiger partial charge in [-0.25, -0.2) is 22.6 Å². The number of urea groups is 1. The summed E-state index contributed by atoms with van der Waals surface area (Å²) in [5.74, 6) is 0.467. The van der Waals surface area contributed by atoms with E-state index in [-0.39, 0.29) is 10.3 Å². The highest BCUT2D eigenvalue weighted by molar-refractivity contribution is 7.90. The number of aromatic nitrogens is 2. The monoisotopic (exact) mass is 427 g/mol. The molecule has 1 aromatic heterocycles. The van der Waals surface area contributed by atoms with Gasteiger partial charge in [0, 0.05) is 17.6 Å². The van der Waals surface area contributed by atoms with Crippen molar-refractivity contribution >= 4 is 27.6 Å². The standard InChI is InChI=1S/C21H25N5O3S/c27-20(24-18-15-5-1-3-13(15)9-14-4-2-6-16(14)18)25-30(28,29)17-10-23-26-12-21(7-8-21)11-22-19(17)26/h9-10,22H,1-8,11-12H2,(H2,24,25,27). The number of amides is 2. The highest BCUT2D eigenvalue weighted by Crippen LogP contribution is 2.49. The molecule has 6 rings (SSSR count). The number of sulfonamides is 1. The van der Waals surface area contributed by atoms with Gasteiger partial charge in [-0.15, -0.1) is 0 Å². The first-order valence-electron chi connectivity index (χ1n) is 10.7. The highest BCUT2D eigenvalue weighted by atomic mass is 32.2. The number of carbonyl (C=O) groups excluding carboxylic acids is 1. The van der Waals surface area contributed by atoms with Crippen molar-refractivity contribution < 1.29 is 13.2 Å². The molecule has 1 aliphatic heterocycles. The first kappa shape index (κ1) is 18.2. The van der Waals surface area contributed by atoms with Gasteiger partial charge in [0.1, 0.15) is 10.7 Å². The summed E-state index contributed by atoms with van der Waals surface area (Å²) < 4.78 is 29.8. The van der Waals surface area contributed by atoms with Crippen molar-refractivity contribution in [2.75, 3.05) is 17.2 Å². The van der Waals surface area contributed by atoms with E-state index in [2.05, 4.69) is 26.5 Å². The number of hydrogen-bond donors (Lipinski definition) is 3. The van der Waals surface area contributed by atoms with Crippen LogP contribution in [0.25, 0.3) is 0 Å². The fourth-order valence-corrected chi connectivity index (χ4v) is 6.33. The maximum absolute atomic E-state index is 12.9. The molecule has 30 heavy (non-hydrogen) atoms. The number of rotatable bonds is 3. The number of nitrogens with zero attached hydrogens (tertiary/aromatic N) is 2. The van der Waals surface area contributed by atoms with Crippen LogP contribution in [0.2, 0.25) is 0 Å². The lowest BCUT2D eigenvalue weighted by atomic mass is 9.99. The summed E-state index contributed by atoms with van der Waals surface area (Å²) >= 11 is 0. The molecule has 9 heteroatoms. The van der Waals surface area contributed by atoms with Crippen LogP contribution < -0.4 is 15.4 Å². The van der Waals surface area contributed by atoms with Crippen molar-refractivity contribution in [1.82, 2.24) is 14.5 Å². The molecule has 4 aliphatic rings. The minimum atomic E-state index is -4.03. The van der Waals surface area contributed by atoms with Gasteiger partial charge in [0.15, 0.2) is 0 Å². The van der Waals surface area contributed by atoms with E-state index in [4.69, 9.17) is 0 Å². The van der Waals surface area contributed by atoms with E-state index in [9.17, 15) is 13.2 Å². The van der Waals surface area contributed by atoms with Gasteiger partial charge in [-0.1, -0.05) is 6.07 Å². The lowest BCUT2D eigenvalue weighted by molar-refractivity contribution is 0.256. The number of nitrogens with one attached hydrogen (secondary N) is 3. The maximum Gasteiger partial charge on any atom is 0.333 e. The molecule has 1 fully saturated rings. The Morgan fingerprint density at radius 2 is 1.80 bits per heavy atom. The van der Waals surface area contributed by atoms with Crippen LogP contribution in [0.15, 0.2) is 17.2 Å². The minimum absolute atomic E-state index is 0.0247. The van der Waals surface area contributed by atoms with E-state index in [0.29, 0.717) is 5.82 Å². The van der Waals surface area contributed by atoms with Gasteiger partial charge in [0.25, 0.3) is 10.0 Å². The number of carbonyl (C=O) groups is 1. The van der Waals surface area contributed by atoms with Gasteiger partial charge in [0.2, 0.25) is 0 Å². The summed E-state index contributed by atoms with van der Waals surface area (Å²) in [6, 6.07) is 1.57. The van der Waals surface area contributed by atoms with E-state index in [1.807, 2.05) is 0 Å². The van der Waals surface area contributed by atoms with E-state index in [1.165, 1.54) is 28.5 Å². The Labute approximate surface area is 175 Å². The molecule has 0 bridgehead atoms. The number of aryl methyl sites for hydroxylation is 2. The Morgan fingerprint density at radius 1 is 1.10 bits per heavy atom. The Kier molecular flexibility index (Phi) is 3.79. The summed E-state index contributed by atoms with van der Waals surface area (Å²) in [7, 11) is -4.03. The number of hydrogen-bond acceptors (Lipinski definition) is 5. The van der Waals surface area contributed by atoms with Crippen molar-refractivity contribution in [2.24, 2.45) is 5.41 Å². The molecule has 8 nitrogen and oxygen atoms in total. The number of benzene rings is 1. The molecular weight excluding hydrogens is 402 g/mol. The largest absolute Gasteiger partial charge is 0.369 e. The smallest absolute Gasteiger partial charge is 0.333 e. The van der Waals surface area contributed by atoms with Gasteiger partial charge in [-0.05, 0) is 73.6 Å². The van der Waals surface area contributed by atoms with E-state index in [1.54, 1.807) is 4.68 Å². The molecule has 158 valence electrons. The summed E-state index contributed by atoms with van der Waals surface area (Å²) in [6.45, 7) is 1.47. The molecule has 1 spiro atoms. The molecule has 0 unspecified atom stereocenters. The summed E-state index contributed by atoms with van der Waals surface area (Å²) in [5.41, 5.74) is 5.97. The predicted octanol–water partition coefficient (Wildman–Crippen LogP) is 2.58. The van der Waals surface area contributed by atoms with Gasteiger partial charge < -0.3 is 10.6 Å². The zero-order valence-electron chi connectivity index (χ0n) is 16.8.